The topological polar surface area (TPSA) is 81.2 Å². The molecule has 1 aliphatic rings. The highest BCUT2D eigenvalue weighted by molar-refractivity contribution is 5.82. The van der Waals surface area contributed by atoms with Crippen LogP contribution < -0.4 is 5.32 Å². The smallest absolute Gasteiger partial charge is 0.239 e. The quantitative estimate of drug-likeness (QED) is 0.744. The van der Waals surface area contributed by atoms with Crippen molar-refractivity contribution in [2.45, 2.75) is 31.4 Å². The lowest BCUT2D eigenvalue weighted by Gasteiger charge is -2.20. The SMILES string of the molecule is CN(CCCc1cc(-c2ccccc2)n[nH]1)C(=O)[C@@H]1C[C@H](O)CN1. The summed E-state index contributed by atoms with van der Waals surface area (Å²) in [7, 11) is 1.82. The van der Waals surface area contributed by atoms with Gasteiger partial charge in [0.15, 0.2) is 0 Å². The highest BCUT2D eigenvalue weighted by Gasteiger charge is 2.29. The van der Waals surface area contributed by atoms with Gasteiger partial charge < -0.3 is 15.3 Å². The first-order valence-corrected chi connectivity index (χ1v) is 8.39. The second kappa shape index (κ2) is 7.59. The third kappa shape index (κ3) is 4.01. The molecule has 1 aromatic carbocycles. The fourth-order valence-corrected chi connectivity index (χ4v) is 3.03. The highest BCUT2D eigenvalue weighted by Crippen LogP contribution is 2.17. The second-order valence-electron chi connectivity index (χ2n) is 6.36. The van der Waals surface area contributed by atoms with Crippen LogP contribution in [-0.4, -0.2) is 58.4 Å². The van der Waals surface area contributed by atoms with Crippen LogP contribution in [0.15, 0.2) is 36.4 Å². The summed E-state index contributed by atoms with van der Waals surface area (Å²) in [5.74, 6) is 0.0566. The number of β-amino-alcohol motifs (C(OH)–C–C–N with tert-alkyl or cyclic N) is 1. The van der Waals surface area contributed by atoms with Crippen LogP contribution in [0.2, 0.25) is 0 Å². The molecule has 6 nitrogen and oxygen atoms in total. The Hall–Kier alpha value is -2.18. The van der Waals surface area contributed by atoms with E-state index in [0.29, 0.717) is 19.5 Å². The Labute approximate surface area is 141 Å². The highest BCUT2D eigenvalue weighted by atomic mass is 16.3. The number of benzene rings is 1. The van der Waals surface area contributed by atoms with Gasteiger partial charge in [-0.2, -0.15) is 5.10 Å². The van der Waals surface area contributed by atoms with E-state index in [1.54, 1.807) is 4.90 Å². The molecule has 24 heavy (non-hydrogen) atoms. The molecule has 3 rings (SSSR count). The first kappa shape index (κ1) is 16.7. The zero-order valence-corrected chi connectivity index (χ0v) is 13.9. The van der Waals surface area contributed by atoms with E-state index in [4.69, 9.17) is 0 Å². The summed E-state index contributed by atoms with van der Waals surface area (Å²) in [5.41, 5.74) is 3.11. The molecular formula is C18H24N4O2. The van der Waals surface area contributed by atoms with E-state index in [1.165, 1.54) is 0 Å². The number of aromatic nitrogens is 2. The molecule has 0 saturated carbocycles. The van der Waals surface area contributed by atoms with E-state index < -0.39 is 6.10 Å². The number of likely N-dealkylation sites (N-methyl/N-ethyl adjacent to an activating group) is 1. The van der Waals surface area contributed by atoms with Crippen molar-refractivity contribution in [3.05, 3.63) is 42.1 Å². The number of nitrogens with zero attached hydrogens (tertiary/aromatic N) is 2. The number of aliphatic hydroxyl groups excluding tert-OH is 1. The van der Waals surface area contributed by atoms with Crippen molar-refractivity contribution in [2.24, 2.45) is 0 Å². The Kier molecular flexibility index (Phi) is 5.27. The largest absolute Gasteiger partial charge is 0.392 e. The van der Waals surface area contributed by atoms with E-state index in [1.807, 2.05) is 37.4 Å². The Morgan fingerprint density at radius 1 is 1.38 bits per heavy atom. The van der Waals surface area contributed by atoms with Gasteiger partial charge in [-0.15, -0.1) is 0 Å². The van der Waals surface area contributed by atoms with Crippen molar-refractivity contribution >= 4 is 5.91 Å². The fourth-order valence-electron chi connectivity index (χ4n) is 3.03. The predicted octanol–water partition coefficient (Wildman–Crippen LogP) is 1.19. The van der Waals surface area contributed by atoms with Gasteiger partial charge in [-0.25, -0.2) is 0 Å². The third-order valence-electron chi connectivity index (χ3n) is 4.42. The average Bonchev–Trinajstić information content (AvgIpc) is 3.24. The molecule has 1 aromatic heterocycles. The number of aliphatic hydroxyl groups is 1. The number of aromatic amines is 1. The molecule has 3 N–H and O–H groups in total. The molecule has 2 heterocycles. The lowest BCUT2D eigenvalue weighted by molar-refractivity contribution is -0.131. The molecule has 1 fully saturated rings. The maximum atomic E-state index is 12.3. The minimum atomic E-state index is -0.409. The van der Waals surface area contributed by atoms with Crippen LogP contribution in [0.1, 0.15) is 18.5 Å². The van der Waals surface area contributed by atoms with Gasteiger partial charge in [0.2, 0.25) is 5.91 Å². The minimum absolute atomic E-state index is 0.0566. The summed E-state index contributed by atoms with van der Waals surface area (Å²) in [4.78, 5) is 14.0. The molecule has 6 heteroatoms. The van der Waals surface area contributed by atoms with E-state index in [-0.39, 0.29) is 11.9 Å². The summed E-state index contributed by atoms with van der Waals surface area (Å²) in [6.07, 6.45) is 1.81. The molecule has 1 amide bonds. The molecular weight excluding hydrogens is 304 g/mol. The van der Waals surface area contributed by atoms with Crippen LogP contribution in [0, 0.1) is 0 Å². The lowest BCUT2D eigenvalue weighted by atomic mass is 10.1. The van der Waals surface area contributed by atoms with Crippen LogP contribution in [0.25, 0.3) is 11.3 Å². The van der Waals surface area contributed by atoms with Crippen LogP contribution in [0.3, 0.4) is 0 Å². The van der Waals surface area contributed by atoms with E-state index in [2.05, 4.69) is 21.6 Å². The molecule has 0 bridgehead atoms. The molecule has 1 saturated heterocycles. The Morgan fingerprint density at radius 2 is 2.17 bits per heavy atom. The van der Waals surface area contributed by atoms with E-state index in [9.17, 15) is 9.90 Å². The number of hydrogen-bond acceptors (Lipinski definition) is 4. The van der Waals surface area contributed by atoms with Crippen molar-refractivity contribution < 1.29 is 9.90 Å². The number of rotatable bonds is 6. The lowest BCUT2D eigenvalue weighted by Crippen LogP contribution is -2.42. The summed E-state index contributed by atoms with van der Waals surface area (Å²) in [6.45, 7) is 1.19. The van der Waals surface area contributed by atoms with Crippen molar-refractivity contribution in [3.8, 4) is 11.3 Å². The normalized spacial score (nSPS) is 20.2. The summed E-state index contributed by atoms with van der Waals surface area (Å²) in [5, 5.41) is 20.0. The van der Waals surface area contributed by atoms with Gasteiger partial charge in [0.05, 0.1) is 17.8 Å². The number of carbonyl (C=O) groups excluding carboxylic acids is 1. The summed E-state index contributed by atoms with van der Waals surface area (Å²) in [6, 6.07) is 11.9. The first-order chi connectivity index (χ1) is 11.6. The number of hydrogen-bond donors (Lipinski definition) is 3. The van der Waals surface area contributed by atoms with E-state index >= 15 is 0 Å². The Balaban J connectivity index is 1.46. The molecule has 2 atom stereocenters. The van der Waals surface area contributed by atoms with Gasteiger partial charge in [-0.05, 0) is 25.3 Å². The molecule has 1 aliphatic heterocycles. The molecule has 0 unspecified atom stereocenters. The Bertz CT molecular complexity index is 671. The Morgan fingerprint density at radius 3 is 2.88 bits per heavy atom. The van der Waals surface area contributed by atoms with Gasteiger partial charge in [0.25, 0.3) is 0 Å². The number of nitrogens with one attached hydrogen (secondary N) is 2. The molecule has 0 aliphatic carbocycles. The zero-order valence-electron chi connectivity index (χ0n) is 13.9. The number of aryl methyl sites for hydroxylation is 1. The fraction of sp³-hybridized carbons (Fsp3) is 0.444. The van der Waals surface area contributed by atoms with Gasteiger partial charge in [0, 0.05) is 31.4 Å². The third-order valence-corrected chi connectivity index (χ3v) is 4.42. The molecule has 0 radical (unpaired) electrons. The number of amides is 1. The van der Waals surface area contributed by atoms with Crippen molar-refractivity contribution in [1.29, 1.82) is 0 Å². The number of carbonyl (C=O) groups is 1. The van der Waals surface area contributed by atoms with Gasteiger partial charge in [-0.3, -0.25) is 9.89 Å². The summed E-state index contributed by atoms with van der Waals surface area (Å²) >= 11 is 0. The zero-order chi connectivity index (χ0) is 16.9. The molecule has 128 valence electrons. The monoisotopic (exact) mass is 328 g/mol. The maximum Gasteiger partial charge on any atom is 0.239 e. The van der Waals surface area contributed by atoms with Gasteiger partial charge in [0.1, 0.15) is 0 Å². The average molecular weight is 328 g/mol. The molecule has 0 spiro atoms. The van der Waals surface area contributed by atoms with Crippen LogP contribution in [-0.2, 0) is 11.2 Å². The van der Waals surface area contributed by atoms with Gasteiger partial charge in [-0.1, -0.05) is 30.3 Å². The maximum absolute atomic E-state index is 12.3. The number of H-pyrrole nitrogens is 1. The first-order valence-electron chi connectivity index (χ1n) is 8.39. The van der Waals surface area contributed by atoms with Crippen LogP contribution in [0.5, 0.6) is 0 Å². The minimum Gasteiger partial charge on any atom is -0.392 e. The standard InChI is InChI=1S/C18H24N4O2/c1-22(18(24)17-11-15(23)12-19-17)9-5-8-14-10-16(21-20-14)13-6-3-2-4-7-13/h2-4,6-7,10,15,17,19,23H,5,8-9,11-12H2,1H3,(H,20,21)/t15-,17-/m0/s1. The van der Waals surface area contributed by atoms with Crippen LogP contribution >= 0.6 is 0 Å². The second-order valence-corrected chi connectivity index (χ2v) is 6.36. The van der Waals surface area contributed by atoms with Crippen molar-refractivity contribution in [1.82, 2.24) is 20.4 Å². The molecule has 2 aromatic rings. The van der Waals surface area contributed by atoms with Crippen LogP contribution in [0.4, 0.5) is 0 Å². The predicted molar refractivity (Wildman–Crippen MR) is 92.4 cm³/mol. The van der Waals surface area contributed by atoms with Gasteiger partial charge >= 0.3 is 0 Å². The summed E-state index contributed by atoms with van der Waals surface area (Å²) < 4.78 is 0. The van der Waals surface area contributed by atoms with E-state index in [0.717, 1.165) is 29.8 Å². The van der Waals surface area contributed by atoms with Crippen molar-refractivity contribution in [2.75, 3.05) is 20.1 Å². The van der Waals surface area contributed by atoms with Crippen molar-refractivity contribution in [3.63, 3.8) is 0 Å².